The number of amides is 1. The van der Waals surface area contributed by atoms with Crippen LogP contribution in [0, 0.1) is 13.8 Å². The van der Waals surface area contributed by atoms with E-state index in [9.17, 15) is 9.59 Å². The number of aromatic nitrogens is 4. The minimum absolute atomic E-state index is 0.0509. The lowest BCUT2D eigenvalue weighted by Crippen LogP contribution is -2.23. The van der Waals surface area contributed by atoms with Gasteiger partial charge in [-0.3, -0.25) is 4.79 Å². The number of esters is 1. The Morgan fingerprint density at radius 1 is 1.15 bits per heavy atom. The number of hydrogen-bond acceptors (Lipinski definition) is 6. The van der Waals surface area contributed by atoms with E-state index >= 15 is 0 Å². The van der Waals surface area contributed by atoms with Crippen LogP contribution in [0.5, 0.6) is 5.75 Å². The third-order valence-electron chi connectivity index (χ3n) is 4.23. The van der Waals surface area contributed by atoms with Crippen molar-refractivity contribution in [1.29, 1.82) is 0 Å². The molecule has 0 atom stereocenters. The Kier molecular flexibility index (Phi) is 3.87. The fourth-order valence-electron chi connectivity index (χ4n) is 3.02. The average molecular weight is 351 g/mol. The number of hydrogen-bond donors (Lipinski definition) is 0. The van der Waals surface area contributed by atoms with Gasteiger partial charge in [0, 0.05) is 30.0 Å². The molecule has 0 radical (unpaired) electrons. The average Bonchev–Trinajstić information content (AvgIpc) is 3.22. The Hall–Kier alpha value is -3.29. The third-order valence-corrected chi connectivity index (χ3v) is 4.23. The minimum Gasteiger partial charge on any atom is -0.421 e. The maximum Gasteiger partial charge on any atom is 0.383 e. The zero-order valence-electron chi connectivity index (χ0n) is 14.5. The van der Waals surface area contributed by atoms with Gasteiger partial charge in [0.2, 0.25) is 5.91 Å². The lowest BCUT2D eigenvalue weighted by atomic mass is 10.3. The van der Waals surface area contributed by atoms with E-state index < -0.39 is 5.97 Å². The number of anilines is 1. The van der Waals surface area contributed by atoms with Crippen molar-refractivity contribution in [3.63, 3.8) is 0 Å². The molecular formula is C18H17N5O3. The molecule has 26 heavy (non-hydrogen) atoms. The monoisotopic (exact) mass is 351 g/mol. The molecule has 0 unspecified atom stereocenters. The number of benzene rings is 1. The van der Waals surface area contributed by atoms with E-state index in [0.29, 0.717) is 17.9 Å². The van der Waals surface area contributed by atoms with E-state index in [0.717, 1.165) is 30.0 Å². The summed E-state index contributed by atoms with van der Waals surface area (Å²) >= 11 is 0. The van der Waals surface area contributed by atoms with E-state index in [1.54, 1.807) is 29.2 Å². The van der Waals surface area contributed by atoms with Crippen LogP contribution in [0.25, 0.3) is 5.78 Å². The van der Waals surface area contributed by atoms with Crippen LogP contribution in [0.4, 0.5) is 5.69 Å². The Balaban J connectivity index is 1.53. The minimum atomic E-state index is -0.655. The molecule has 1 aliphatic rings. The maximum atomic E-state index is 12.3. The molecule has 3 aromatic rings. The van der Waals surface area contributed by atoms with Gasteiger partial charge in [0.1, 0.15) is 5.75 Å². The molecule has 1 amide bonds. The molecule has 0 aliphatic carbocycles. The molecule has 8 heteroatoms. The fourth-order valence-corrected chi connectivity index (χ4v) is 3.02. The standard InChI is InChI=1S/C18H17N5O3/c1-11-10-12(2)23-18(19-11)20-16(21-23)17(25)26-14-7-5-13(6-8-14)22-9-3-4-15(22)24/h5-8,10H,3-4,9H2,1-2H3. The molecule has 1 saturated heterocycles. The molecule has 1 aromatic carbocycles. The number of carbonyl (C=O) groups excluding carboxylic acids is 2. The van der Waals surface area contributed by atoms with Gasteiger partial charge in [0.15, 0.2) is 0 Å². The van der Waals surface area contributed by atoms with Gasteiger partial charge in [-0.25, -0.2) is 14.3 Å². The van der Waals surface area contributed by atoms with Crippen LogP contribution in [-0.2, 0) is 4.79 Å². The van der Waals surface area contributed by atoms with Crippen molar-refractivity contribution in [3.05, 3.63) is 47.5 Å². The van der Waals surface area contributed by atoms with E-state index in [1.807, 2.05) is 19.9 Å². The van der Waals surface area contributed by atoms with E-state index in [1.165, 1.54) is 4.52 Å². The van der Waals surface area contributed by atoms with Crippen molar-refractivity contribution in [2.75, 3.05) is 11.4 Å². The summed E-state index contributed by atoms with van der Waals surface area (Å²) < 4.78 is 6.84. The second-order valence-electron chi connectivity index (χ2n) is 6.22. The summed E-state index contributed by atoms with van der Waals surface area (Å²) in [5, 5.41) is 4.16. The number of fused-ring (bicyclic) bond motifs is 1. The van der Waals surface area contributed by atoms with Crippen molar-refractivity contribution < 1.29 is 14.3 Å². The predicted octanol–water partition coefficient (Wildman–Crippen LogP) is 2.09. The second-order valence-corrected chi connectivity index (χ2v) is 6.22. The van der Waals surface area contributed by atoms with Crippen LogP contribution in [0.1, 0.15) is 34.8 Å². The third kappa shape index (κ3) is 2.90. The van der Waals surface area contributed by atoms with Crippen molar-refractivity contribution in [1.82, 2.24) is 19.6 Å². The Morgan fingerprint density at radius 2 is 1.92 bits per heavy atom. The molecule has 0 spiro atoms. The SMILES string of the molecule is Cc1cc(C)n2nc(C(=O)Oc3ccc(N4CCCC4=O)cc3)nc2n1. The Labute approximate surface area is 149 Å². The van der Waals surface area contributed by atoms with E-state index in [2.05, 4.69) is 15.1 Å². The first-order chi connectivity index (χ1) is 12.5. The van der Waals surface area contributed by atoms with Crippen LogP contribution in [0.3, 0.4) is 0 Å². The normalized spacial score (nSPS) is 14.2. The highest BCUT2D eigenvalue weighted by molar-refractivity contribution is 5.95. The number of rotatable bonds is 3. The number of carbonyl (C=O) groups is 2. The lowest BCUT2D eigenvalue weighted by Gasteiger charge is -2.15. The molecule has 132 valence electrons. The quantitative estimate of drug-likeness (QED) is 0.530. The van der Waals surface area contributed by atoms with Gasteiger partial charge in [0.05, 0.1) is 0 Å². The molecule has 1 aliphatic heterocycles. The molecule has 0 bridgehead atoms. The first-order valence-corrected chi connectivity index (χ1v) is 8.35. The van der Waals surface area contributed by atoms with E-state index in [4.69, 9.17) is 4.74 Å². The molecule has 0 saturated carbocycles. The summed E-state index contributed by atoms with van der Waals surface area (Å²) in [5.41, 5.74) is 2.43. The van der Waals surface area contributed by atoms with Gasteiger partial charge in [-0.1, -0.05) is 0 Å². The van der Waals surface area contributed by atoms with Crippen LogP contribution in [-0.4, -0.2) is 38.0 Å². The summed E-state index contributed by atoms with van der Waals surface area (Å²) in [6.07, 6.45) is 1.44. The zero-order valence-corrected chi connectivity index (χ0v) is 14.5. The van der Waals surface area contributed by atoms with Crippen molar-refractivity contribution in [2.45, 2.75) is 26.7 Å². The van der Waals surface area contributed by atoms with Crippen LogP contribution < -0.4 is 9.64 Å². The molecule has 8 nitrogen and oxygen atoms in total. The van der Waals surface area contributed by atoms with E-state index in [-0.39, 0.29) is 11.7 Å². The number of nitrogens with zero attached hydrogens (tertiary/aromatic N) is 5. The number of ether oxygens (including phenoxy) is 1. The number of aryl methyl sites for hydroxylation is 2. The molecule has 2 aromatic heterocycles. The molecule has 3 heterocycles. The zero-order chi connectivity index (χ0) is 18.3. The maximum absolute atomic E-state index is 12.3. The Morgan fingerprint density at radius 3 is 2.62 bits per heavy atom. The van der Waals surface area contributed by atoms with Crippen LogP contribution in [0.2, 0.25) is 0 Å². The highest BCUT2D eigenvalue weighted by Crippen LogP contribution is 2.24. The van der Waals surface area contributed by atoms with Gasteiger partial charge in [-0.2, -0.15) is 4.98 Å². The topological polar surface area (TPSA) is 89.7 Å². The highest BCUT2D eigenvalue weighted by atomic mass is 16.5. The summed E-state index contributed by atoms with van der Waals surface area (Å²) in [6, 6.07) is 8.69. The largest absolute Gasteiger partial charge is 0.421 e. The van der Waals surface area contributed by atoms with Crippen molar-refractivity contribution in [3.8, 4) is 5.75 Å². The molecule has 0 N–H and O–H groups in total. The second kappa shape index (κ2) is 6.21. The summed E-state index contributed by atoms with van der Waals surface area (Å²) in [6.45, 7) is 4.44. The molecule has 1 fully saturated rings. The van der Waals surface area contributed by atoms with Gasteiger partial charge < -0.3 is 9.64 Å². The van der Waals surface area contributed by atoms with Crippen molar-refractivity contribution in [2.24, 2.45) is 0 Å². The molecular weight excluding hydrogens is 334 g/mol. The Bertz CT molecular complexity index is 1010. The van der Waals surface area contributed by atoms with Gasteiger partial charge in [0.25, 0.3) is 11.6 Å². The highest BCUT2D eigenvalue weighted by Gasteiger charge is 2.22. The summed E-state index contributed by atoms with van der Waals surface area (Å²) in [4.78, 5) is 34.2. The first-order valence-electron chi connectivity index (χ1n) is 8.35. The van der Waals surface area contributed by atoms with Crippen LogP contribution >= 0.6 is 0 Å². The lowest BCUT2D eigenvalue weighted by molar-refractivity contribution is -0.117. The van der Waals surface area contributed by atoms with Crippen molar-refractivity contribution >= 4 is 23.3 Å². The first kappa shape index (κ1) is 16.2. The van der Waals surface area contributed by atoms with Gasteiger partial charge in [-0.15, -0.1) is 5.10 Å². The molecule has 4 rings (SSSR count). The summed E-state index contributed by atoms with van der Waals surface area (Å²) in [5.74, 6) is 0.131. The fraction of sp³-hybridized carbons (Fsp3) is 0.278. The predicted molar refractivity (Wildman–Crippen MR) is 93.2 cm³/mol. The summed E-state index contributed by atoms with van der Waals surface area (Å²) in [7, 11) is 0. The van der Waals surface area contributed by atoms with Crippen LogP contribution in [0.15, 0.2) is 30.3 Å². The smallest absolute Gasteiger partial charge is 0.383 e. The van der Waals surface area contributed by atoms with Gasteiger partial charge >= 0.3 is 5.97 Å². The van der Waals surface area contributed by atoms with Gasteiger partial charge in [-0.05, 0) is 50.6 Å².